The summed E-state index contributed by atoms with van der Waals surface area (Å²) in [7, 11) is 0. The second kappa shape index (κ2) is 4.05. The maximum absolute atomic E-state index is 8.70. The van der Waals surface area contributed by atoms with E-state index in [0.717, 1.165) is 10.0 Å². The number of aromatic nitrogens is 2. The van der Waals surface area contributed by atoms with Crippen LogP contribution < -0.4 is 0 Å². The van der Waals surface area contributed by atoms with E-state index in [2.05, 4.69) is 25.9 Å². The number of benzene rings is 1. The number of nitriles is 1. The Balaban J connectivity index is 2.46. The summed E-state index contributed by atoms with van der Waals surface area (Å²) < 4.78 is 0.990. The monoisotopic (exact) mass is 281 g/mol. The molecule has 5 heteroatoms. The second-order valence-corrected chi connectivity index (χ2v) is 4.16. The summed E-state index contributed by atoms with van der Waals surface area (Å²) in [6.45, 7) is 0. The molecule has 0 aliphatic heterocycles. The molecular formula is C10H5BrClN3. The molecule has 0 unspecified atom stereocenters. The summed E-state index contributed by atoms with van der Waals surface area (Å²) in [5.41, 5.74) is 1.11. The molecule has 0 aliphatic carbocycles. The second-order valence-electron chi connectivity index (χ2n) is 2.87. The minimum absolute atomic E-state index is 0.217. The lowest BCUT2D eigenvalue weighted by atomic mass is 10.2. The smallest absolute Gasteiger partial charge is 0.178 e. The Hall–Kier alpha value is -1.31. The van der Waals surface area contributed by atoms with Crippen LogP contribution in [0.5, 0.6) is 0 Å². The molecule has 1 aromatic heterocycles. The van der Waals surface area contributed by atoms with Crippen LogP contribution >= 0.6 is 27.5 Å². The van der Waals surface area contributed by atoms with Crippen molar-refractivity contribution in [2.24, 2.45) is 0 Å². The molecule has 0 saturated carbocycles. The van der Waals surface area contributed by atoms with Gasteiger partial charge in [-0.2, -0.15) is 5.26 Å². The van der Waals surface area contributed by atoms with E-state index >= 15 is 0 Å². The van der Waals surface area contributed by atoms with E-state index in [1.54, 1.807) is 0 Å². The highest BCUT2D eigenvalue weighted by molar-refractivity contribution is 9.10. The zero-order chi connectivity index (χ0) is 10.8. The lowest BCUT2D eigenvalue weighted by Crippen LogP contribution is -1.79. The molecule has 0 radical (unpaired) electrons. The van der Waals surface area contributed by atoms with Crippen molar-refractivity contribution < 1.29 is 0 Å². The van der Waals surface area contributed by atoms with Gasteiger partial charge in [-0.25, -0.2) is 4.98 Å². The quantitative estimate of drug-likeness (QED) is 0.872. The fraction of sp³-hybridized carbons (Fsp3) is 0. The molecule has 0 fully saturated rings. The molecule has 2 aromatic rings. The Morgan fingerprint density at radius 2 is 2.00 bits per heavy atom. The minimum Gasteiger partial charge on any atom is -0.328 e. The van der Waals surface area contributed by atoms with Crippen LogP contribution in [-0.4, -0.2) is 9.97 Å². The van der Waals surface area contributed by atoms with Gasteiger partial charge in [-0.1, -0.05) is 39.7 Å². The van der Waals surface area contributed by atoms with Gasteiger partial charge < -0.3 is 4.98 Å². The molecule has 0 saturated heterocycles. The first kappa shape index (κ1) is 10.2. The summed E-state index contributed by atoms with van der Waals surface area (Å²) in [5.74, 6) is 0.601. The normalized spacial score (nSPS) is 9.93. The van der Waals surface area contributed by atoms with Crippen molar-refractivity contribution in [3.8, 4) is 17.5 Å². The van der Waals surface area contributed by atoms with Gasteiger partial charge in [-0.05, 0) is 12.1 Å². The maximum Gasteiger partial charge on any atom is 0.178 e. The molecule has 0 atom stereocenters. The Morgan fingerprint density at radius 1 is 1.33 bits per heavy atom. The molecule has 1 N–H and O–H groups in total. The number of aromatic amines is 1. The Morgan fingerprint density at radius 3 is 2.53 bits per heavy atom. The van der Waals surface area contributed by atoms with Gasteiger partial charge in [0, 0.05) is 10.0 Å². The summed E-state index contributed by atoms with van der Waals surface area (Å²) in [6, 6.07) is 9.49. The fourth-order valence-electron chi connectivity index (χ4n) is 1.17. The largest absolute Gasteiger partial charge is 0.328 e. The third-order valence-corrected chi connectivity index (χ3v) is 2.69. The molecular weight excluding hydrogens is 277 g/mol. The molecule has 2 rings (SSSR count). The van der Waals surface area contributed by atoms with Crippen molar-refractivity contribution in [3.05, 3.63) is 39.6 Å². The number of nitrogens with zero attached hydrogens (tertiary/aromatic N) is 2. The number of imidazole rings is 1. The van der Waals surface area contributed by atoms with Crippen LogP contribution in [0.4, 0.5) is 0 Å². The van der Waals surface area contributed by atoms with Crippen LogP contribution in [0.15, 0.2) is 28.7 Å². The van der Waals surface area contributed by atoms with E-state index in [1.165, 1.54) is 0 Å². The molecule has 3 nitrogen and oxygen atoms in total. The standard InChI is InChI=1S/C10H5BrClN3/c11-7-3-1-6(2-4-7)10-14-8(5-13)9(12)15-10/h1-4H,(H,14,15). The van der Waals surface area contributed by atoms with E-state index < -0.39 is 0 Å². The van der Waals surface area contributed by atoms with Crippen molar-refractivity contribution in [2.75, 3.05) is 0 Å². The molecule has 0 amide bonds. The Labute approximate surface area is 99.8 Å². The lowest BCUT2D eigenvalue weighted by molar-refractivity contribution is 1.29. The third kappa shape index (κ3) is 2.04. The highest BCUT2D eigenvalue weighted by Gasteiger charge is 2.08. The fourth-order valence-corrected chi connectivity index (χ4v) is 1.61. The third-order valence-electron chi connectivity index (χ3n) is 1.88. The van der Waals surface area contributed by atoms with Crippen LogP contribution in [0.1, 0.15) is 5.69 Å². The highest BCUT2D eigenvalue weighted by atomic mass is 79.9. The lowest BCUT2D eigenvalue weighted by Gasteiger charge is -1.95. The van der Waals surface area contributed by atoms with Gasteiger partial charge in [0.15, 0.2) is 5.69 Å². The number of nitrogens with one attached hydrogen (secondary N) is 1. The zero-order valence-corrected chi connectivity index (χ0v) is 9.80. The van der Waals surface area contributed by atoms with Gasteiger partial charge in [0.05, 0.1) is 0 Å². The van der Waals surface area contributed by atoms with Gasteiger partial charge >= 0.3 is 0 Å². The highest BCUT2D eigenvalue weighted by Crippen LogP contribution is 2.22. The first-order valence-corrected chi connectivity index (χ1v) is 5.29. The number of hydrogen-bond acceptors (Lipinski definition) is 2. The number of hydrogen-bond donors (Lipinski definition) is 1. The van der Waals surface area contributed by atoms with E-state index in [-0.39, 0.29) is 10.8 Å². The predicted octanol–water partition coefficient (Wildman–Crippen LogP) is 3.36. The van der Waals surface area contributed by atoms with Gasteiger partial charge in [-0.15, -0.1) is 0 Å². The summed E-state index contributed by atoms with van der Waals surface area (Å²) >= 11 is 9.12. The summed E-state index contributed by atoms with van der Waals surface area (Å²) in [4.78, 5) is 6.91. The summed E-state index contributed by atoms with van der Waals surface area (Å²) in [6.07, 6.45) is 0. The number of H-pyrrole nitrogens is 1. The van der Waals surface area contributed by atoms with E-state index in [9.17, 15) is 0 Å². The molecule has 1 heterocycles. The molecule has 1 aromatic carbocycles. The molecule has 0 spiro atoms. The van der Waals surface area contributed by atoms with Crippen molar-refractivity contribution in [3.63, 3.8) is 0 Å². The van der Waals surface area contributed by atoms with Crippen molar-refractivity contribution in [1.29, 1.82) is 5.26 Å². The predicted molar refractivity (Wildman–Crippen MR) is 61.4 cm³/mol. The first-order valence-electron chi connectivity index (χ1n) is 4.12. The zero-order valence-electron chi connectivity index (χ0n) is 7.46. The molecule has 74 valence electrons. The van der Waals surface area contributed by atoms with Gasteiger partial charge in [0.25, 0.3) is 0 Å². The van der Waals surface area contributed by atoms with Gasteiger partial charge in [-0.3, -0.25) is 0 Å². The molecule has 15 heavy (non-hydrogen) atoms. The van der Waals surface area contributed by atoms with E-state index in [0.29, 0.717) is 5.82 Å². The van der Waals surface area contributed by atoms with Gasteiger partial charge in [0.2, 0.25) is 0 Å². The van der Waals surface area contributed by atoms with Crippen LogP contribution in [0.3, 0.4) is 0 Å². The van der Waals surface area contributed by atoms with Crippen molar-refractivity contribution in [2.45, 2.75) is 0 Å². The SMILES string of the molecule is N#Cc1nc(-c2ccc(Br)cc2)[nH]c1Cl. The van der Waals surface area contributed by atoms with Crippen molar-refractivity contribution in [1.82, 2.24) is 9.97 Å². The Kier molecular flexibility index (Phi) is 2.76. The number of rotatable bonds is 1. The Bertz CT molecular complexity index is 525. The summed E-state index contributed by atoms with van der Waals surface area (Å²) in [5, 5.41) is 8.97. The van der Waals surface area contributed by atoms with Crippen LogP contribution in [0.2, 0.25) is 5.15 Å². The average Bonchev–Trinajstić information content (AvgIpc) is 2.61. The molecule has 0 aliphatic rings. The van der Waals surface area contributed by atoms with E-state index in [1.807, 2.05) is 30.3 Å². The first-order chi connectivity index (χ1) is 7.20. The topological polar surface area (TPSA) is 52.5 Å². The maximum atomic E-state index is 8.70. The van der Waals surface area contributed by atoms with E-state index in [4.69, 9.17) is 16.9 Å². The van der Waals surface area contributed by atoms with Gasteiger partial charge in [0.1, 0.15) is 17.0 Å². The average molecular weight is 283 g/mol. The number of halogens is 2. The minimum atomic E-state index is 0.217. The molecule has 0 bridgehead atoms. The van der Waals surface area contributed by atoms with Crippen LogP contribution in [0.25, 0.3) is 11.4 Å². The van der Waals surface area contributed by atoms with Crippen molar-refractivity contribution >= 4 is 27.5 Å². The van der Waals surface area contributed by atoms with Crippen LogP contribution in [-0.2, 0) is 0 Å². The van der Waals surface area contributed by atoms with Crippen LogP contribution in [0, 0.1) is 11.3 Å².